The number of hydrogen-bond acceptors (Lipinski definition) is 1. The van der Waals surface area contributed by atoms with Crippen molar-refractivity contribution in [3.8, 4) is 11.4 Å². The number of nitrogens with zero attached hydrogens (tertiary/aromatic N) is 5. The molecule has 0 unspecified atom stereocenters. The first-order valence-electron chi connectivity index (χ1n) is 17.4. The SMILES string of the molecule is C.CC(C)(C)C[C@H]1CCc2c[n+](-c3ccccc3)c(C(C)(C)C)n21.CC(C)C[C@H]1CCc2nn(-c3ccccc3)c(C(C)(C)C)[n+]21. The molecule has 250 valence electrons. The van der Waals surface area contributed by atoms with Crippen molar-refractivity contribution in [3.05, 3.63) is 90.0 Å². The molecule has 2 atom stereocenters. The van der Waals surface area contributed by atoms with Crippen LogP contribution in [-0.2, 0) is 23.7 Å². The van der Waals surface area contributed by atoms with Gasteiger partial charge in [-0.25, -0.2) is 9.13 Å². The Morgan fingerprint density at radius 2 is 1.37 bits per heavy atom. The van der Waals surface area contributed by atoms with Gasteiger partial charge < -0.3 is 0 Å². The van der Waals surface area contributed by atoms with Gasteiger partial charge in [0.05, 0.1) is 16.9 Å². The van der Waals surface area contributed by atoms with Crippen molar-refractivity contribution >= 4 is 0 Å². The van der Waals surface area contributed by atoms with E-state index in [1.807, 2.05) is 0 Å². The van der Waals surface area contributed by atoms with Crippen molar-refractivity contribution < 1.29 is 9.13 Å². The van der Waals surface area contributed by atoms with E-state index < -0.39 is 0 Å². The van der Waals surface area contributed by atoms with Gasteiger partial charge in [-0.1, -0.05) is 104 Å². The van der Waals surface area contributed by atoms with Gasteiger partial charge in [0.25, 0.3) is 11.6 Å². The molecule has 0 N–H and O–H groups in total. The molecule has 5 nitrogen and oxygen atoms in total. The van der Waals surface area contributed by atoms with E-state index in [0.29, 0.717) is 17.5 Å². The van der Waals surface area contributed by atoms with Crippen LogP contribution >= 0.6 is 0 Å². The van der Waals surface area contributed by atoms with E-state index in [2.05, 4.69) is 161 Å². The number of aromatic nitrogens is 5. The molecule has 4 aromatic rings. The molecular formula is C41H63N5+2. The lowest BCUT2D eigenvalue weighted by atomic mass is 9.86. The number of imidazole rings is 1. The third-order valence-corrected chi connectivity index (χ3v) is 9.10. The van der Waals surface area contributed by atoms with Crippen LogP contribution in [0.3, 0.4) is 0 Å². The fourth-order valence-corrected chi connectivity index (χ4v) is 7.58. The van der Waals surface area contributed by atoms with Gasteiger partial charge in [0.15, 0.2) is 0 Å². The van der Waals surface area contributed by atoms with Crippen molar-refractivity contribution in [1.29, 1.82) is 0 Å². The van der Waals surface area contributed by atoms with Gasteiger partial charge in [-0.3, -0.25) is 0 Å². The van der Waals surface area contributed by atoms with Crippen LogP contribution in [0.5, 0.6) is 0 Å². The first-order chi connectivity index (χ1) is 21.0. The average molecular weight is 626 g/mol. The Morgan fingerprint density at radius 1 is 0.783 bits per heavy atom. The van der Waals surface area contributed by atoms with Gasteiger partial charge in [0, 0.05) is 17.9 Å². The highest BCUT2D eigenvalue weighted by molar-refractivity contribution is 5.31. The number of fused-ring (bicyclic) bond motifs is 2. The third kappa shape index (κ3) is 7.66. The predicted molar refractivity (Wildman–Crippen MR) is 192 cm³/mol. The van der Waals surface area contributed by atoms with Gasteiger partial charge >= 0.3 is 0 Å². The fraction of sp³-hybridized carbons (Fsp3) is 0.585. The molecule has 2 aliphatic rings. The molecule has 0 amide bonds. The minimum absolute atomic E-state index is 0. The Kier molecular flexibility index (Phi) is 10.5. The second kappa shape index (κ2) is 13.5. The molecule has 0 saturated heterocycles. The quantitative estimate of drug-likeness (QED) is 0.203. The molecule has 2 aliphatic heterocycles. The summed E-state index contributed by atoms with van der Waals surface area (Å²) in [6.07, 6.45) is 9.67. The smallest absolute Gasteiger partial charge is 0.228 e. The third-order valence-electron chi connectivity index (χ3n) is 9.10. The first-order valence-corrected chi connectivity index (χ1v) is 17.4. The number of hydrogen-bond donors (Lipinski definition) is 0. The van der Waals surface area contributed by atoms with Gasteiger partial charge in [0.2, 0.25) is 5.82 Å². The van der Waals surface area contributed by atoms with Crippen molar-refractivity contribution in [2.24, 2.45) is 11.3 Å². The summed E-state index contributed by atoms with van der Waals surface area (Å²) < 4.78 is 9.78. The number of benzene rings is 2. The predicted octanol–water partition coefficient (Wildman–Crippen LogP) is 9.61. The maximum absolute atomic E-state index is 4.96. The second-order valence-corrected chi connectivity index (χ2v) is 17.2. The molecule has 2 aromatic carbocycles. The van der Waals surface area contributed by atoms with E-state index >= 15 is 0 Å². The molecule has 5 heteroatoms. The van der Waals surface area contributed by atoms with Crippen LogP contribution in [0, 0.1) is 11.3 Å². The lowest BCUT2D eigenvalue weighted by molar-refractivity contribution is -0.728. The lowest BCUT2D eigenvalue weighted by Gasteiger charge is -2.25. The highest BCUT2D eigenvalue weighted by Gasteiger charge is 2.43. The highest BCUT2D eigenvalue weighted by atomic mass is 15.4. The van der Waals surface area contributed by atoms with Crippen LogP contribution in [0.4, 0.5) is 0 Å². The summed E-state index contributed by atoms with van der Waals surface area (Å²) in [5, 5.41) is 4.96. The summed E-state index contributed by atoms with van der Waals surface area (Å²) in [4.78, 5) is 0. The minimum atomic E-state index is 0. The maximum atomic E-state index is 4.96. The minimum Gasteiger partial charge on any atom is -0.228 e. The fourth-order valence-electron chi connectivity index (χ4n) is 7.58. The van der Waals surface area contributed by atoms with E-state index in [9.17, 15) is 0 Å². The summed E-state index contributed by atoms with van der Waals surface area (Å²) in [6, 6.07) is 22.5. The normalized spacial score (nSPS) is 17.7. The molecule has 0 spiro atoms. The van der Waals surface area contributed by atoms with Gasteiger partial charge in [-0.05, 0) is 82.1 Å². The van der Waals surface area contributed by atoms with Crippen LogP contribution < -0.4 is 9.13 Å². The van der Waals surface area contributed by atoms with Gasteiger partial charge in [-0.2, -0.15) is 4.57 Å². The van der Waals surface area contributed by atoms with E-state index in [0.717, 1.165) is 18.0 Å². The second-order valence-electron chi connectivity index (χ2n) is 17.2. The summed E-state index contributed by atoms with van der Waals surface area (Å²) in [6.45, 7) is 25.6. The number of rotatable bonds is 5. The maximum Gasteiger partial charge on any atom is 0.278 e. The Bertz CT molecular complexity index is 1570. The van der Waals surface area contributed by atoms with Crippen LogP contribution in [0.1, 0.15) is 145 Å². The zero-order valence-electron chi connectivity index (χ0n) is 30.1. The molecule has 4 heterocycles. The Balaban J connectivity index is 0.000000205. The molecule has 0 bridgehead atoms. The van der Waals surface area contributed by atoms with Gasteiger partial charge in [0.1, 0.15) is 29.3 Å². The molecule has 0 radical (unpaired) electrons. The van der Waals surface area contributed by atoms with E-state index in [4.69, 9.17) is 5.10 Å². The highest BCUT2D eigenvalue weighted by Crippen LogP contribution is 2.39. The van der Waals surface area contributed by atoms with Gasteiger partial charge in [-0.15, -0.1) is 0 Å². The van der Waals surface area contributed by atoms with E-state index in [-0.39, 0.29) is 18.3 Å². The molecule has 0 fully saturated rings. The average Bonchev–Trinajstić information content (AvgIpc) is 3.70. The molecule has 0 saturated carbocycles. The standard InChI is InChI=1S/C21H31N2.C19H28N3.CH4/c1-20(2,3)14-17-12-13-18-15-22(16-10-8-7-9-11-16)19(23(17)18)21(4,5)6;1-14(2)13-16-11-12-17-20-22(15-9-7-6-8-10-15)18(21(16)17)19(3,4)5;/h7-11,15,17H,12-14H2,1-6H3;6-10,14,16H,11-13H2,1-5H3;1H4/q2*+1;/t17-;16-;/m11./s1. The first kappa shape index (κ1) is 35.6. The zero-order valence-corrected chi connectivity index (χ0v) is 30.1. The monoisotopic (exact) mass is 626 g/mol. The van der Waals surface area contributed by atoms with E-state index in [1.54, 1.807) is 0 Å². The summed E-state index contributed by atoms with van der Waals surface area (Å²) in [5.74, 6) is 4.73. The van der Waals surface area contributed by atoms with Crippen molar-refractivity contribution in [1.82, 2.24) is 14.3 Å². The summed E-state index contributed by atoms with van der Waals surface area (Å²) >= 11 is 0. The van der Waals surface area contributed by atoms with Crippen LogP contribution in [0.25, 0.3) is 11.4 Å². The largest absolute Gasteiger partial charge is 0.278 e. The molecule has 6 rings (SSSR count). The Hall–Kier alpha value is -3.21. The summed E-state index contributed by atoms with van der Waals surface area (Å²) in [5.41, 5.74) is 4.48. The van der Waals surface area contributed by atoms with Crippen LogP contribution in [0.15, 0.2) is 66.9 Å². The van der Waals surface area contributed by atoms with Crippen molar-refractivity contribution in [3.63, 3.8) is 0 Å². The van der Waals surface area contributed by atoms with Crippen molar-refractivity contribution in [2.75, 3.05) is 0 Å². The molecular weight excluding hydrogens is 562 g/mol. The number of aryl methyl sites for hydroxylation is 2. The Morgan fingerprint density at radius 3 is 1.91 bits per heavy atom. The van der Waals surface area contributed by atoms with Crippen LogP contribution in [-0.4, -0.2) is 14.3 Å². The lowest BCUT2D eigenvalue weighted by Crippen LogP contribution is -2.46. The Labute approximate surface area is 280 Å². The summed E-state index contributed by atoms with van der Waals surface area (Å²) in [7, 11) is 0. The van der Waals surface area contributed by atoms with Crippen LogP contribution in [0.2, 0.25) is 0 Å². The van der Waals surface area contributed by atoms with E-state index in [1.165, 1.54) is 61.0 Å². The van der Waals surface area contributed by atoms with Crippen molar-refractivity contribution in [2.45, 2.75) is 145 Å². The molecule has 0 aliphatic carbocycles. The number of para-hydroxylation sites is 2. The molecule has 46 heavy (non-hydrogen) atoms. The molecule has 2 aromatic heterocycles. The zero-order chi connectivity index (χ0) is 32.7. The topological polar surface area (TPSA) is 30.5 Å².